The van der Waals surface area contributed by atoms with E-state index in [0.29, 0.717) is 5.56 Å². The maximum atomic E-state index is 12.3. The number of carbonyl (C=O) groups is 1. The predicted octanol–water partition coefficient (Wildman–Crippen LogP) is 2.35. The summed E-state index contributed by atoms with van der Waals surface area (Å²) in [7, 11) is 0. The molecule has 3 nitrogen and oxygen atoms in total. The van der Waals surface area contributed by atoms with Gasteiger partial charge in [0.2, 0.25) is 0 Å². The van der Waals surface area contributed by atoms with Gasteiger partial charge in [-0.15, -0.1) is 0 Å². The van der Waals surface area contributed by atoms with Gasteiger partial charge in [-0.05, 0) is 23.6 Å². The maximum Gasteiger partial charge on any atom is 0.187 e. The van der Waals surface area contributed by atoms with Gasteiger partial charge in [-0.25, -0.2) is 0 Å². The highest BCUT2D eigenvalue weighted by molar-refractivity contribution is 6.00. The molecule has 0 bridgehead atoms. The lowest BCUT2D eigenvalue weighted by molar-refractivity contribution is 0.0939. The van der Waals surface area contributed by atoms with E-state index < -0.39 is 0 Å². The van der Waals surface area contributed by atoms with Crippen LogP contribution in [0.4, 0.5) is 0 Å². The lowest BCUT2D eigenvalue weighted by Crippen LogP contribution is -2.35. The molecule has 0 spiro atoms. The van der Waals surface area contributed by atoms with Crippen LogP contribution in [0.1, 0.15) is 27.5 Å². The van der Waals surface area contributed by atoms with Crippen LogP contribution in [-0.2, 0) is 6.42 Å². The van der Waals surface area contributed by atoms with Crippen molar-refractivity contribution in [3.8, 4) is 0 Å². The minimum atomic E-state index is -0.238. The molecule has 0 radical (unpaired) electrons. The van der Waals surface area contributed by atoms with Gasteiger partial charge in [-0.2, -0.15) is 0 Å². The fourth-order valence-electron chi connectivity index (χ4n) is 2.31. The third-order valence-electron chi connectivity index (χ3n) is 3.18. The Morgan fingerprint density at radius 2 is 2.18 bits per heavy atom. The monoisotopic (exact) mass is 227 g/mol. The Morgan fingerprint density at radius 3 is 3.00 bits per heavy atom. The van der Waals surface area contributed by atoms with E-state index in [0.717, 1.165) is 18.5 Å². The molecule has 2 aromatic rings. The number of benzene rings is 1. The van der Waals surface area contributed by atoms with Crippen molar-refractivity contribution in [1.82, 2.24) is 5.32 Å². The normalized spacial score (nSPS) is 18.7. The third-order valence-corrected chi connectivity index (χ3v) is 3.18. The second-order valence-electron chi connectivity index (χ2n) is 4.21. The van der Waals surface area contributed by atoms with E-state index in [2.05, 4.69) is 11.4 Å². The second kappa shape index (κ2) is 4.18. The van der Waals surface area contributed by atoms with Crippen LogP contribution < -0.4 is 5.32 Å². The van der Waals surface area contributed by atoms with Gasteiger partial charge in [0.1, 0.15) is 6.26 Å². The van der Waals surface area contributed by atoms with E-state index in [1.54, 1.807) is 6.07 Å². The molecule has 3 heteroatoms. The molecule has 0 saturated carbocycles. The van der Waals surface area contributed by atoms with Crippen LogP contribution in [0.2, 0.25) is 0 Å². The van der Waals surface area contributed by atoms with Crippen molar-refractivity contribution in [1.29, 1.82) is 0 Å². The van der Waals surface area contributed by atoms with Gasteiger partial charge in [0.25, 0.3) is 0 Å². The molecule has 17 heavy (non-hydrogen) atoms. The van der Waals surface area contributed by atoms with Gasteiger partial charge in [-0.3, -0.25) is 4.79 Å². The summed E-state index contributed by atoms with van der Waals surface area (Å²) in [6, 6.07) is 9.57. The lowest BCUT2D eigenvalue weighted by Gasteiger charge is -2.25. The highest BCUT2D eigenvalue weighted by Gasteiger charge is 2.26. The molecule has 1 aromatic heterocycles. The molecule has 0 fully saturated rings. The van der Waals surface area contributed by atoms with Crippen LogP contribution in [0.25, 0.3) is 0 Å². The number of hydrogen-bond donors (Lipinski definition) is 1. The van der Waals surface area contributed by atoms with Crippen molar-refractivity contribution in [3.05, 3.63) is 59.5 Å². The molecule has 86 valence electrons. The third kappa shape index (κ3) is 1.78. The van der Waals surface area contributed by atoms with Gasteiger partial charge in [0.05, 0.1) is 17.9 Å². The van der Waals surface area contributed by atoms with Gasteiger partial charge in [0, 0.05) is 6.54 Å². The zero-order valence-corrected chi connectivity index (χ0v) is 9.35. The Hall–Kier alpha value is -1.87. The molecule has 1 aliphatic heterocycles. The van der Waals surface area contributed by atoms with E-state index in [9.17, 15) is 4.79 Å². The summed E-state index contributed by atoms with van der Waals surface area (Å²) in [5, 5.41) is 3.27. The highest BCUT2D eigenvalue weighted by atomic mass is 16.3. The minimum Gasteiger partial charge on any atom is -0.472 e. The molecule has 0 saturated heterocycles. The maximum absolute atomic E-state index is 12.3. The first kappa shape index (κ1) is 10.3. The predicted molar refractivity (Wildman–Crippen MR) is 63.9 cm³/mol. The summed E-state index contributed by atoms with van der Waals surface area (Å²) >= 11 is 0. The minimum absolute atomic E-state index is 0.0749. The van der Waals surface area contributed by atoms with Gasteiger partial charge in [-0.1, -0.05) is 24.3 Å². The summed E-state index contributed by atoms with van der Waals surface area (Å²) in [4.78, 5) is 12.3. The van der Waals surface area contributed by atoms with Crippen LogP contribution in [0, 0.1) is 0 Å². The van der Waals surface area contributed by atoms with Crippen molar-refractivity contribution in [2.75, 3.05) is 6.54 Å². The van der Waals surface area contributed by atoms with Crippen molar-refractivity contribution < 1.29 is 9.21 Å². The molecule has 1 atom stereocenters. The Bertz CT molecular complexity index is 531. The van der Waals surface area contributed by atoms with Gasteiger partial charge >= 0.3 is 0 Å². The lowest BCUT2D eigenvalue weighted by atomic mass is 9.90. The number of rotatable bonds is 2. The first-order valence-corrected chi connectivity index (χ1v) is 5.74. The van der Waals surface area contributed by atoms with Crippen LogP contribution >= 0.6 is 0 Å². The molecular formula is C14H13NO2. The summed E-state index contributed by atoms with van der Waals surface area (Å²) in [5.41, 5.74) is 2.97. The first-order valence-electron chi connectivity index (χ1n) is 5.74. The summed E-state index contributed by atoms with van der Waals surface area (Å²) in [6.45, 7) is 0.839. The number of ketones is 1. The molecule has 1 aromatic carbocycles. The second-order valence-corrected chi connectivity index (χ2v) is 4.21. The van der Waals surface area contributed by atoms with E-state index in [1.807, 2.05) is 18.2 Å². The van der Waals surface area contributed by atoms with Crippen LogP contribution in [0.5, 0.6) is 0 Å². The van der Waals surface area contributed by atoms with E-state index in [-0.39, 0.29) is 11.8 Å². The topological polar surface area (TPSA) is 42.2 Å². The quantitative estimate of drug-likeness (QED) is 0.801. The van der Waals surface area contributed by atoms with E-state index in [1.165, 1.54) is 18.1 Å². The molecule has 1 unspecified atom stereocenters. The zero-order chi connectivity index (χ0) is 11.7. The summed E-state index contributed by atoms with van der Waals surface area (Å²) in [5.74, 6) is 0.0749. The summed E-state index contributed by atoms with van der Waals surface area (Å²) in [6.07, 6.45) is 4.01. The standard InChI is InChI=1S/C14H13NO2/c16-14(11-6-8-17-9-11)13-12-4-2-1-3-10(12)5-7-15-13/h1-4,6,8-9,13,15H,5,7H2. The fourth-order valence-corrected chi connectivity index (χ4v) is 2.31. The molecular weight excluding hydrogens is 214 g/mol. The average Bonchev–Trinajstić information content (AvgIpc) is 2.91. The average molecular weight is 227 g/mol. The van der Waals surface area contributed by atoms with Gasteiger partial charge in [0.15, 0.2) is 5.78 Å². The number of carbonyl (C=O) groups excluding carboxylic acids is 1. The number of hydrogen-bond acceptors (Lipinski definition) is 3. The number of Topliss-reactive ketones (excluding diaryl/α,β-unsaturated/α-hetero) is 1. The van der Waals surface area contributed by atoms with Crippen molar-refractivity contribution in [2.45, 2.75) is 12.5 Å². The molecule has 3 rings (SSSR count). The molecule has 0 aliphatic carbocycles. The van der Waals surface area contributed by atoms with Crippen molar-refractivity contribution >= 4 is 5.78 Å². The highest BCUT2D eigenvalue weighted by Crippen LogP contribution is 2.25. The number of furan rings is 1. The molecule has 1 N–H and O–H groups in total. The van der Waals surface area contributed by atoms with Crippen molar-refractivity contribution in [3.63, 3.8) is 0 Å². The van der Waals surface area contributed by atoms with Crippen molar-refractivity contribution in [2.24, 2.45) is 0 Å². The van der Waals surface area contributed by atoms with Crippen LogP contribution in [-0.4, -0.2) is 12.3 Å². The van der Waals surface area contributed by atoms with E-state index in [4.69, 9.17) is 4.42 Å². The zero-order valence-electron chi connectivity index (χ0n) is 9.35. The Balaban J connectivity index is 1.98. The Kier molecular flexibility index (Phi) is 2.53. The summed E-state index contributed by atoms with van der Waals surface area (Å²) < 4.78 is 4.97. The Morgan fingerprint density at radius 1 is 1.29 bits per heavy atom. The SMILES string of the molecule is O=C(c1ccoc1)C1NCCc2ccccc21. The smallest absolute Gasteiger partial charge is 0.187 e. The van der Waals surface area contributed by atoms with Gasteiger partial charge < -0.3 is 9.73 Å². The largest absolute Gasteiger partial charge is 0.472 e. The van der Waals surface area contributed by atoms with Crippen LogP contribution in [0.3, 0.4) is 0 Å². The molecule has 2 heterocycles. The number of nitrogens with one attached hydrogen (secondary N) is 1. The molecule has 0 amide bonds. The molecule has 1 aliphatic rings. The van der Waals surface area contributed by atoms with E-state index >= 15 is 0 Å². The first-order chi connectivity index (χ1) is 8.36. The number of fused-ring (bicyclic) bond motifs is 1. The fraction of sp³-hybridized carbons (Fsp3) is 0.214. The van der Waals surface area contributed by atoms with Crippen LogP contribution in [0.15, 0.2) is 47.3 Å². The Labute approximate surface area is 99.4 Å².